The van der Waals surface area contributed by atoms with E-state index in [0.717, 1.165) is 23.9 Å². The van der Waals surface area contributed by atoms with Crippen LogP contribution < -0.4 is 5.32 Å². The normalized spacial score (nSPS) is 30.8. The quantitative estimate of drug-likeness (QED) is 0.750. The monoisotopic (exact) mass is 240 g/mol. The summed E-state index contributed by atoms with van der Waals surface area (Å²) in [6, 6.07) is 10.9. The second-order valence-corrected chi connectivity index (χ2v) is 5.42. The highest BCUT2D eigenvalue weighted by Crippen LogP contribution is 2.31. The van der Waals surface area contributed by atoms with Gasteiger partial charge in [-0.2, -0.15) is 0 Å². The highest BCUT2D eigenvalue weighted by atomic mass is 15.2. The number of fused-ring (bicyclic) bond motifs is 1. The van der Waals surface area contributed by atoms with Crippen LogP contribution in [0.4, 0.5) is 0 Å². The van der Waals surface area contributed by atoms with E-state index in [-0.39, 0.29) is 0 Å². The largest absolute Gasteiger partial charge is 0.316 e. The fourth-order valence-electron chi connectivity index (χ4n) is 3.23. The Morgan fingerprint density at radius 2 is 2.11 bits per heavy atom. The number of likely N-dealkylation sites (tertiary alicyclic amines) is 1. The first kappa shape index (κ1) is 11.8. The number of rotatable bonds is 1. The SMILES string of the molecule is CC1C2CNCC2CN1CC#Cc1ccccc1. The van der Waals surface area contributed by atoms with Gasteiger partial charge in [-0.25, -0.2) is 0 Å². The van der Waals surface area contributed by atoms with Crippen LogP contribution in [0.1, 0.15) is 12.5 Å². The van der Waals surface area contributed by atoms with Crippen LogP contribution in [-0.4, -0.2) is 37.1 Å². The average molecular weight is 240 g/mol. The number of nitrogens with one attached hydrogen (secondary N) is 1. The van der Waals surface area contributed by atoms with Crippen LogP contribution in [0.3, 0.4) is 0 Å². The van der Waals surface area contributed by atoms with Crippen LogP contribution in [0.15, 0.2) is 30.3 Å². The lowest BCUT2D eigenvalue weighted by Crippen LogP contribution is -2.33. The number of hydrogen-bond donors (Lipinski definition) is 1. The molecule has 18 heavy (non-hydrogen) atoms. The van der Waals surface area contributed by atoms with Crippen molar-refractivity contribution in [1.29, 1.82) is 0 Å². The molecule has 2 aliphatic rings. The smallest absolute Gasteiger partial charge is 0.0607 e. The lowest BCUT2D eigenvalue weighted by molar-refractivity contribution is 0.268. The first-order valence-electron chi connectivity index (χ1n) is 6.83. The topological polar surface area (TPSA) is 15.3 Å². The van der Waals surface area contributed by atoms with Gasteiger partial charge in [-0.05, 0) is 44.0 Å². The zero-order valence-electron chi connectivity index (χ0n) is 10.9. The van der Waals surface area contributed by atoms with Gasteiger partial charge >= 0.3 is 0 Å². The highest BCUT2D eigenvalue weighted by Gasteiger charge is 2.41. The zero-order chi connectivity index (χ0) is 12.4. The highest BCUT2D eigenvalue weighted by molar-refractivity contribution is 5.33. The van der Waals surface area contributed by atoms with Crippen LogP contribution >= 0.6 is 0 Å². The fourth-order valence-corrected chi connectivity index (χ4v) is 3.23. The second-order valence-electron chi connectivity index (χ2n) is 5.42. The minimum absolute atomic E-state index is 0.676. The third-order valence-electron chi connectivity index (χ3n) is 4.35. The molecule has 2 nitrogen and oxygen atoms in total. The molecule has 2 fully saturated rings. The van der Waals surface area contributed by atoms with Crippen LogP contribution in [0.5, 0.6) is 0 Å². The van der Waals surface area contributed by atoms with Gasteiger partial charge in [0, 0.05) is 18.2 Å². The molecule has 2 heteroatoms. The van der Waals surface area contributed by atoms with Gasteiger partial charge in [0.05, 0.1) is 6.54 Å². The Kier molecular flexibility index (Phi) is 3.36. The van der Waals surface area contributed by atoms with Crippen molar-refractivity contribution in [2.24, 2.45) is 11.8 Å². The molecule has 0 aliphatic carbocycles. The van der Waals surface area contributed by atoms with E-state index in [1.165, 1.54) is 19.6 Å². The summed E-state index contributed by atoms with van der Waals surface area (Å²) in [5.41, 5.74) is 1.12. The molecule has 0 radical (unpaired) electrons. The Labute approximate surface area is 109 Å². The Morgan fingerprint density at radius 3 is 2.89 bits per heavy atom. The van der Waals surface area contributed by atoms with E-state index in [4.69, 9.17) is 0 Å². The van der Waals surface area contributed by atoms with Crippen molar-refractivity contribution in [3.05, 3.63) is 35.9 Å². The van der Waals surface area contributed by atoms with Gasteiger partial charge in [-0.15, -0.1) is 0 Å². The van der Waals surface area contributed by atoms with Gasteiger partial charge in [0.2, 0.25) is 0 Å². The van der Waals surface area contributed by atoms with E-state index in [2.05, 4.69) is 41.1 Å². The molecule has 3 rings (SSSR count). The molecule has 1 aromatic rings. The molecule has 2 saturated heterocycles. The van der Waals surface area contributed by atoms with Crippen molar-refractivity contribution < 1.29 is 0 Å². The van der Waals surface area contributed by atoms with Crippen LogP contribution in [0.25, 0.3) is 0 Å². The molecular formula is C16H20N2. The Balaban J connectivity index is 1.60. The second kappa shape index (κ2) is 5.14. The Hall–Kier alpha value is -1.30. The van der Waals surface area contributed by atoms with Gasteiger partial charge in [0.1, 0.15) is 0 Å². The van der Waals surface area contributed by atoms with E-state index >= 15 is 0 Å². The van der Waals surface area contributed by atoms with Gasteiger partial charge < -0.3 is 5.32 Å². The van der Waals surface area contributed by atoms with E-state index in [1.807, 2.05) is 18.2 Å². The standard InChI is InChI=1S/C16H20N2/c1-13-16-11-17-10-15(16)12-18(13)9-5-8-14-6-3-2-4-7-14/h2-4,6-7,13,15-17H,9-12H2,1H3. The summed E-state index contributed by atoms with van der Waals surface area (Å²) < 4.78 is 0. The molecule has 1 N–H and O–H groups in total. The predicted octanol–water partition coefficient (Wildman–Crippen LogP) is 1.58. The first-order valence-corrected chi connectivity index (χ1v) is 6.83. The third kappa shape index (κ3) is 2.29. The molecule has 0 saturated carbocycles. The summed E-state index contributed by atoms with van der Waals surface area (Å²) in [6.45, 7) is 6.85. The first-order chi connectivity index (χ1) is 8.84. The molecular weight excluding hydrogens is 220 g/mol. The molecule has 0 bridgehead atoms. The summed E-state index contributed by atoms with van der Waals surface area (Å²) in [4.78, 5) is 2.53. The molecule has 0 amide bonds. The minimum Gasteiger partial charge on any atom is -0.316 e. The number of hydrogen-bond acceptors (Lipinski definition) is 2. The van der Waals surface area contributed by atoms with Crippen LogP contribution in [0.2, 0.25) is 0 Å². The summed E-state index contributed by atoms with van der Waals surface area (Å²) in [7, 11) is 0. The average Bonchev–Trinajstić information content (AvgIpc) is 2.96. The van der Waals surface area contributed by atoms with Crippen molar-refractivity contribution in [3.8, 4) is 11.8 Å². The fraction of sp³-hybridized carbons (Fsp3) is 0.500. The van der Waals surface area contributed by atoms with Crippen molar-refractivity contribution >= 4 is 0 Å². The molecule has 3 atom stereocenters. The summed E-state index contributed by atoms with van der Waals surface area (Å²) in [5, 5.41) is 3.49. The summed E-state index contributed by atoms with van der Waals surface area (Å²) >= 11 is 0. The maximum Gasteiger partial charge on any atom is 0.0607 e. The predicted molar refractivity (Wildman–Crippen MR) is 74.2 cm³/mol. The van der Waals surface area contributed by atoms with Gasteiger partial charge in [0.25, 0.3) is 0 Å². The Morgan fingerprint density at radius 1 is 1.28 bits per heavy atom. The molecule has 2 aliphatic heterocycles. The maximum absolute atomic E-state index is 3.49. The molecule has 94 valence electrons. The maximum atomic E-state index is 3.49. The van der Waals surface area contributed by atoms with Gasteiger partial charge in [-0.1, -0.05) is 30.0 Å². The van der Waals surface area contributed by atoms with E-state index in [0.29, 0.717) is 6.04 Å². The van der Waals surface area contributed by atoms with Crippen molar-refractivity contribution in [2.45, 2.75) is 13.0 Å². The number of nitrogens with zero attached hydrogens (tertiary/aromatic N) is 1. The summed E-state index contributed by atoms with van der Waals surface area (Å²) in [6.07, 6.45) is 0. The molecule has 0 aromatic heterocycles. The third-order valence-corrected chi connectivity index (χ3v) is 4.35. The lowest BCUT2D eigenvalue weighted by Gasteiger charge is -2.21. The van der Waals surface area contributed by atoms with Crippen molar-refractivity contribution in [3.63, 3.8) is 0 Å². The molecule has 1 aromatic carbocycles. The molecule has 0 spiro atoms. The molecule has 3 unspecified atom stereocenters. The van der Waals surface area contributed by atoms with Crippen molar-refractivity contribution in [2.75, 3.05) is 26.2 Å². The van der Waals surface area contributed by atoms with E-state index in [1.54, 1.807) is 0 Å². The van der Waals surface area contributed by atoms with Crippen LogP contribution in [0, 0.1) is 23.7 Å². The summed E-state index contributed by atoms with van der Waals surface area (Å²) in [5.74, 6) is 8.25. The molecule has 2 heterocycles. The van der Waals surface area contributed by atoms with Crippen LogP contribution in [-0.2, 0) is 0 Å². The zero-order valence-corrected chi connectivity index (χ0v) is 10.9. The van der Waals surface area contributed by atoms with E-state index < -0.39 is 0 Å². The van der Waals surface area contributed by atoms with Crippen molar-refractivity contribution in [1.82, 2.24) is 10.2 Å². The lowest BCUT2D eigenvalue weighted by atomic mass is 9.95. The van der Waals surface area contributed by atoms with Gasteiger partial charge in [0.15, 0.2) is 0 Å². The van der Waals surface area contributed by atoms with Gasteiger partial charge in [-0.3, -0.25) is 4.90 Å². The minimum atomic E-state index is 0.676. The number of benzene rings is 1. The van der Waals surface area contributed by atoms with E-state index in [9.17, 15) is 0 Å². The Bertz CT molecular complexity index is 457.